The summed E-state index contributed by atoms with van der Waals surface area (Å²) in [5.41, 5.74) is 0. The van der Waals surface area contributed by atoms with Crippen LogP contribution in [0.25, 0.3) is 0 Å². The smallest absolute Gasteiger partial charge is 0.151 e. The molecule has 0 saturated heterocycles. The predicted octanol–water partition coefficient (Wildman–Crippen LogP) is 3.17. The van der Waals surface area contributed by atoms with E-state index in [1.165, 1.54) is 10.6 Å². The fourth-order valence-corrected chi connectivity index (χ4v) is 2.08. The third-order valence-corrected chi connectivity index (χ3v) is 2.99. The van der Waals surface area contributed by atoms with E-state index in [9.17, 15) is 0 Å². The topological polar surface area (TPSA) is 25.2 Å². The molecule has 2 nitrogen and oxygen atoms in total. The van der Waals surface area contributed by atoms with Gasteiger partial charge in [0.15, 0.2) is 5.82 Å². The van der Waals surface area contributed by atoms with Crippen molar-refractivity contribution < 1.29 is 0 Å². The standard InChI is InChI=1S/C11H11N2P/c1-9-5-6-10(14-9)8-13-11-4-2-3-7-12-11/h2-8,14H,1H3. The van der Waals surface area contributed by atoms with Crippen LogP contribution in [0.4, 0.5) is 5.82 Å². The molecule has 0 aliphatic rings. The zero-order valence-corrected chi connectivity index (χ0v) is 8.94. The highest BCUT2D eigenvalue weighted by Gasteiger charge is 1.90. The predicted molar refractivity (Wildman–Crippen MR) is 62.2 cm³/mol. The molecule has 1 atom stereocenters. The van der Waals surface area contributed by atoms with Crippen molar-refractivity contribution in [3.63, 3.8) is 0 Å². The summed E-state index contributed by atoms with van der Waals surface area (Å²) >= 11 is 0. The molecule has 2 aromatic heterocycles. The van der Waals surface area contributed by atoms with E-state index < -0.39 is 0 Å². The number of rotatable bonds is 2. The summed E-state index contributed by atoms with van der Waals surface area (Å²) in [5.74, 6) is 0.766. The van der Waals surface area contributed by atoms with Gasteiger partial charge in [-0.1, -0.05) is 12.1 Å². The summed E-state index contributed by atoms with van der Waals surface area (Å²) in [7, 11) is 0.770. The van der Waals surface area contributed by atoms with Crippen molar-refractivity contribution in [1.29, 1.82) is 0 Å². The second kappa shape index (κ2) is 4.21. The molecule has 0 radical (unpaired) electrons. The highest BCUT2D eigenvalue weighted by atomic mass is 31.0. The normalized spacial score (nSPS) is 11.5. The Balaban J connectivity index is 2.15. The molecular formula is C11H11N2P. The van der Waals surface area contributed by atoms with Gasteiger partial charge in [-0.05, 0) is 30.4 Å². The number of aliphatic imine (C=N–C) groups is 1. The Morgan fingerprint density at radius 2 is 2.21 bits per heavy atom. The summed E-state index contributed by atoms with van der Waals surface area (Å²) in [6.07, 6.45) is 3.65. The van der Waals surface area contributed by atoms with Gasteiger partial charge in [-0.15, -0.1) is 8.19 Å². The Morgan fingerprint density at radius 3 is 2.86 bits per heavy atom. The minimum absolute atomic E-state index is 0.766. The third kappa shape index (κ3) is 2.30. The van der Waals surface area contributed by atoms with Gasteiger partial charge in [0.25, 0.3) is 0 Å². The summed E-state index contributed by atoms with van der Waals surface area (Å²) < 4.78 is 0. The second-order valence-electron chi connectivity index (χ2n) is 3.04. The molecular weight excluding hydrogens is 191 g/mol. The average molecular weight is 202 g/mol. The van der Waals surface area contributed by atoms with Crippen molar-refractivity contribution >= 4 is 20.2 Å². The van der Waals surface area contributed by atoms with Gasteiger partial charge in [0.1, 0.15) is 0 Å². The lowest BCUT2D eigenvalue weighted by molar-refractivity contribution is 1.28. The molecule has 0 N–H and O–H groups in total. The van der Waals surface area contributed by atoms with Crippen LogP contribution in [0, 0.1) is 6.92 Å². The molecule has 0 amide bonds. The van der Waals surface area contributed by atoms with E-state index in [4.69, 9.17) is 0 Å². The van der Waals surface area contributed by atoms with Gasteiger partial charge >= 0.3 is 0 Å². The number of hydrogen-bond acceptors (Lipinski definition) is 2. The lowest BCUT2D eigenvalue weighted by Crippen LogP contribution is -1.73. The zero-order valence-electron chi connectivity index (χ0n) is 7.94. The Bertz CT molecular complexity index is 432. The molecule has 0 aliphatic heterocycles. The monoisotopic (exact) mass is 202 g/mol. The highest BCUT2D eigenvalue weighted by molar-refractivity contribution is 7.33. The van der Waals surface area contributed by atoms with Crippen molar-refractivity contribution in [2.24, 2.45) is 4.99 Å². The van der Waals surface area contributed by atoms with E-state index >= 15 is 0 Å². The molecule has 14 heavy (non-hydrogen) atoms. The van der Waals surface area contributed by atoms with E-state index in [-0.39, 0.29) is 0 Å². The molecule has 0 aromatic carbocycles. The van der Waals surface area contributed by atoms with E-state index in [0.717, 1.165) is 14.0 Å². The number of aromatic nitrogens is 1. The van der Waals surface area contributed by atoms with Crippen molar-refractivity contribution in [3.05, 3.63) is 47.1 Å². The van der Waals surface area contributed by atoms with E-state index in [1.807, 2.05) is 24.4 Å². The lowest BCUT2D eigenvalue weighted by atomic mass is 10.4. The van der Waals surface area contributed by atoms with Crippen LogP contribution in [-0.4, -0.2) is 11.2 Å². The van der Waals surface area contributed by atoms with Crippen LogP contribution in [0.3, 0.4) is 0 Å². The minimum Gasteiger partial charge on any atom is -0.237 e. The fourth-order valence-electron chi connectivity index (χ4n) is 1.17. The number of pyridine rings is 1. The van der Waals surface area contributed by atoms with Gasteiger partial charge in [-0.3, -0.25) is 0 Å². The van der Waals surface area contributed by atoms with Gasteiger partial charge in [0, 0.05) is 17.7 Å². The quantitative estimate of drug-likeness (QED) is 0.686. The molecule has 1 unspecified atom stereocenters. The summed E-state index contributed by atoms with van der Waals surface area (Å²) in [6.45, 7) is 2.14. The molecule has 70 valence electrons. The minimum atomic E-state index is 0.766. The van der Waals surface area contributed by atoms with Crippen LogP contribution in [0.1, 0.15) is 10.6 Å². The molecule has 0 aliphatic carbocycles. The van der Waals surface area contributed by atoms with Gasteiger partial charge in [0.05, 0.1) is 0 Å². The largest absolute Gasteiger partial charge is 0.237 e. The molecule has 2 heterocycles. The molecule has 0 spiro atoms. The Hall–Kier alpha value is -1.40. The first-order valence-electron chi connectivity index (χ1n) is 4.45. The zero-order chi connectivity index (χ0) is 9.80. The van der Waals surface area contributed by atoms with Gasteiger partial charge in [-0.2, -0.15) is 0 Å². The number of nitrogens with zero attached hydrogens (tertiary/aromatic N) is 2. The second-order valence-corrected chi connectivity index (χ2v) is 4.66. The third-order valence-electron chi connectivity index (χ3n) is 1.84. The SMILES string of the molecule is Cc1ccc(C=Nc2ccccn2)[pH]1. The first-order valence-corrected chi connectivity index (χ1v) is 5.45. The van der Waals surface area contributed by atoms with Crippen LogP contribution in [-0.2, 0) is 0 Å². The van der Waals surface area contributed by atoms with Crippen molar-refractivity contribution in [2.75, 3.05) is 0 Å². The van der Waals surface area contributed by atoms with Crippen LogP contribution < -0.4 is 0 Å². The molecule has 2 aromatic rings. The number of aryl methyl sites for hydroxylation is 1. The van der Waals surface area contributed by atoms with Gasteiger partial charge < -0.3 is 0 Å². The number of hydrogen-bond donors (Lipinski definition) is 0. The maximum atomic E-state index is 4.29. The highest BCUT2D eigenvalue weighted by Crippen LogP contribution is 2.19. The van der Waals surface area contributed by atoms with Crippen molar-refractivity contribution in [2.45, 2.75) is 6.92 Å². The Labute approximate surface area is 84.8 Å². The molecule has 0 saturated carbocycles. The first kappa shape index (κ1) is 9.17. The van der Waals surface area contributed by atoms with Gasteiger partial charge in [-0.25, -0.2) is 9.98 Å². The Morgan fingerprint density at radius 1 is 1.29 bits per heavy atom. The molecule has 0 fully saturated rings. The summed E-state index contributed by atoms with van der Waals surface area (Å²) in [4.78, 5) is 8.41. The maximum Gasteiger partial charge on any atom is 0.151 e. The van der Waals surface area contributed by atoms with Crippen molar-refractivity contribution in [1.82, 2.24) is 4.98 Å². The van der Waals surface area contributed by atoms with Crippen LogP contribution in [0.5, 0.6) is 0 Å². The molecule has 2 rings (SSSR count). The van der Waals surface area contributed by atoms with E-state index in [1.54, 1.807) is 6.20 Å². The summed E-state index contributed by atoms with van der Waals surface area (Å²) in [6, 6.07) is 9.98. The summed E-state index contributed by atoms with van der Waals surface area (Å²) in [5, 5.41) is 2.68. The molecule has 0 bridgehead atoms. The van der Waals surface area contributed by atoms with E-state index in [2.05, 4.69) is 29.0 Å². The first-order chi connectivity index (χ1) is 6.84. The molecule has 3 heteroatoms. The van der Waals surface area contributed by atoms with Gasteiger partial charge in [0.2, 0.25) is 0 Å². The maximum absolute atomic E-state index is 4.29. The van der Waals surface area contributed by atoms with Crippen LogP contribution >= 0.6 is 8.19 Å². The van der Waals surface area contributed by atoms with Crippen molar-refractivity contribution in [3.8, 4) is 0 Å². The Kier molecular flexibility index (Phi) is 2.76. The fraction of sp³-hybridized carbons (Fsp3) is 0.0909. The lowest BCUT2D eigenvalue weighted by Gasteiger charge is -1.89. The van der Waals surface area contributed by atoms with E-state index in [0.29, 0.717) is 0 Å². The van der Waals surface area contributed by atoms with Crippen LogP contribution in [0.2, 0.25) is 0 Å². The average Bonchev–Trinajstić information content (AvgIpc) is 2.63. The van der Waals surface area contributed by atoms with Crippen LogP contribution in [0.15, 0.2) is 41.5 Å².